The van der Waals surface area contributed by atoms with Crippen LogP contribution in [0, 0.1) is 0 Å². The van der Waals surface area contributed by atoms with Crippen LogP contribution in [0.5, 0.6) is 0 Å². The topological polar surface area (TPSA) is 71.5 Å². The van der Waals surface area contributed by atoms with E-state index in [1.54, 1.807) is 19.0 Å². The third-order valence-electron chi connectivity index (χ3n) is 5.89. The molecule has 178 valence electrons. The van der Waals surface area contributed by atoms with Gasteiger partial charge >= 0.3 is 0 Å². The number of carbonyl (C=O) groups is 2. The van der Waals surface area contributed by atoms with Crippen LogP contribution >= 0.6 is 24.0 Å². The first-order chi connectivity index (χ1) is 15.0. The van der Waals surface area contributed by atoms with Crippen molar-refractivity contribution in [3.05, 3.63) is 35.9 Å². The molecule has 1 aromatic rings. The van der Waals surface area contributed by atoms with Crippen molar-refractivity contribution in [2.45, 2.75) is 25.8 Å². The fourth-order valence-corrected chi connectivity index (χ4v) is 3.88. The zero-order valence-corrected chi connectivity index (χ0v) is 21.7. The van der Waals surface area contributed by atoms with Gasteiger partial charge in [-0.1, -0.05) is 30.3 Å². The van der Waals surface area contributed by atoms with Gasteiger partial charge in [-0.15, -0.1) is 24.0 Å². The van der Waals surface area contributed by atoms with Crippen LogP contribution in [0.1, 0.15) is 24.8 Å². The van der Waals surface area contributed by atoms with E-state index in [9.17, 15) is 9.59 Å². The van der Waals surface area contributed by atoms with E-state index >= 15 is 0 Å². The summed E-state index contributed by atoms with van der Waals surface area (Å²) in [5, 5.41) is 3.24. The number of nitrogens with zero attached hydrogens (tertiary/aromatic N) is 5. The van der Waals surface area contributed by atoms with Crippen LogP contribution in [0.25, 0.3) is 0 Å². The maximum Gasteiger partial charge on any atom is 0.241 e. The molecule has 8 nitrogen and oxygen atoms in total. The van der Waals surface area contributed by atoms with Crippen LogP contribution in [0.2, 0.25) is 0 Å². The molecule has 32 heavy (non-hydrogen) atoms. The molecule has 1 aromatic carbocycles. The normalized spacial score (nSPS) is 17.5. The van der Waals surface area contributed by atoms with Crippen molar-refractivity contribution in [1.29, 1.82) is 0 Å². The van der Waals surface area contributed by atoms with Crippen molar-refractivity contribution >= 4 is 41.8 Å². The van der Waals surface area contributed by atoms with Gasteiger partial charge in [-0.25, -0.2) is 4.99 Å². The summed E-state index contributed by atoms with van der Waals surface area (Å²) in [5.74, 6) is 1.01. The van der Waals surface area contributed by atoms with Gasteiger partial charge in [-0.2, -0.15) is 0 Å². The van der Waals surface area contributed by atoms with Crippen LogP contribution in [-0.4, -0.2) is 104 Å². The summed E-state index contributed by atoms with van der Waals surface area (Å²) in [7, 11) is 3.51. The number of hydrogen-bond acceptors (Lipinski definition) is 4. The number of guanidine groups is 1. The molecule has 2 amide bonds. The number of aliphatic imine (C=N–C) groups is 1. The number of piperidine rings is 1. The molecule has 0 radical (unpaired) electrons. The second-order valence-corrected chi connectivity index (χ2v) is 8.47. The number of amides is 2. The molecule has 0 bridgehead atoms. The highest BCUT2D eigenvalue weighted by molar-refractivity contribution is 14.0. The molecular weight excluding hydrogens is 519 g/mol. The lowest BCUT2D eigenvalue weighted by Gasteiger charge is -2.37. The summed E-state index contributed by atoms with van der Waals surface area (Å²) in [6.07, 6.45) is 3.48. The zero-order chi connectivity index (χ0) is 22.1. The number of nitrogens with one attached hydrogen (secondary N) is 1. The minimum atomic E-state index is 0. The molecule has 1 N–H and O–H groups in total. The van der Waals surface area contributed by atoms with E-state index in [-0.39, 0.29) is 42.3 Å². The van der Waals surface area contributed by atoms with E-state index in [1.165, 1.54) is 6.42 Å². The highest BCUT2D eigenvalue weighted by Gasteiger charge is 2.24. The zero-order valence-electron chi connectivity index (χ0n) is 19.3. The molecule has 0 aliphatic carbocycles. The Morgan fingerprint density at radius 2 is 1.59 bits per heavy atom. The number of likely N-dealkylation sites (tertiary alicyclic amines) is 1. The summed E-state index contributed by atoms with van der Waals surface area (Å²) >= 11 is 0. The molecule has 0 unspecified atom stereocenters. The molecule has 0 spiro atoms. The lowest BCUT2D eigenvalue weighted by Crippen LogP contribution is -2.55. The average Bonchev–Trinajstić information content (AvgIpc) is 2.80. The number of likely N-dealkylation sites (N-methyl/N-ethyl adjacent to an activating group) is 1. The van der Waals surface area contributed by atoms with Crippen LogP contribution in [0.4, 0.5) is 0 Å². The Morgan fingerprint density at radius 1 is 0.938 bits per heavy atom. The van der Waals surface area contributed by atoms with Gasteiger partial charge in [0.25, 0.3) is 0 Å². The van der Waals surface area contributed by atoms with Gasteiger partial charge in [-0.05, 0) is 24.8 Å². The number of halogens is 1. The SMILES string of the molecule is CN(C)C(=O)CNC(=NCc1ccccc1)N1CCN(CC(=O)N2CCCCC2)CC1.I. The van der Waals surface area contributed by atoms with Crippen molar-refractivity contribution < 1.29 is 9.59 Å². The van der Waals surface area contributed by atoms with Crippen molar-refractivity contribution in [1.82, 2.24) is 24.9 Å². The Hall–Kier alpha value is -1.88. The van der Waals surface area contributed by atoms with Gasteiger partial charge in [0.05, 0.1) is 19.6 Å². The summed E-state index contributed by atoms with van der Waals surface area (Å²) in [6.45, 7) is 6.27. The molecule has 2 heterocycles. The Bertz CT molecular complexity index is 744. The Kier molecular flexibility index (Phi) is 11.2. The first kappa shape index (κ1) is 26.4. The smallest absolute Gasteiger partial charge is 0.241 e. The molecule has 9 heteroatoms. The van der Waals surface area contributed by atoms with Gasteiger partial charge in [-0.3, -0.25) is 14.5 Å². The molecular formula is C23H37IN6O2. The van der Waals surface area contributed by atoms with Crippen molar-refractivity contribution in [2.75, 3.05) is 66.5 Å². The quantitative estimate of drug-likeness (QED) is 0.327. The number of rotatable bonds is 6. The summed E-state index contributed by atoms with van der Waals surface area (Å²) in [4.78, 5) is 37.4. The van der Waals surface area contributed by atoms with Crippen molar-refractivity contribution in [2.24, 2.45) is 4.99 Å². The predicted octanol–water partition coefficient (Wildman–Crippen LogP) is 1.47. The number of carbonyl (C=O) groups excluding carboxylic acids is 2. The molecule has 3 rings (SSSR count). The Morgan fingerprint density at radius 3 is 2.22 bits per heavy atom. The van der Waals surface area contributed by atoms with E-state index in [1.807, 2.05) is 23.1 Å². The van der Waals surface area contributed by atoms with Gasteiger partial charge < -0.3 is 20.0 Å². The second kappa shape index (κ2) is 13.6. The lowest BCUT2D eigenvalue weighted by molar-refractivity contribution is -0.133. The molecule has 2 aliphatic heterocycles. The van der Waals surface area contributed by atoms with E-state index in [4.69, 9.17) is 4.99 Å². The Balaban J connectivity index is 0.00000363. The first-order valence-corrected chi connectivity index (χ1v) is 11.3. The van der Waals surface area contributed by atoms with E-state index < -0.39 is 0 Å². The predicted molar refractivity (Wildman–Crippen MR) is 138 cm³/mol. The molecule has 2 saturated heterocycles. The minimum Gasteiger partial charge on any atom is -0.347 e. The number of benzene rings is 1. The number of piperazine rings is 1. The fraction of sp³-hybridized carbons (Fsp3) is 0.609. The summed E-state index contributed by atoms with van der Waals surface area (Å²) < 4.78 is 0. The molecule has 0 saturated carbocycles. The van der Waals surface area contributed by atoms with E-state index in [2.05, 4.69) is 27.2 Å². The standard InChI is InChI=1S/C23H36N6O2.HI/c1-26(2)21(30)18-25-23(24-17-20-9-5-3-6-10-20)29-15-13-27(14-16-29)19-22(31)28-11-7-4-8-12-28;/h3,5-6,9-10H,4,7-8,11-19H2,1-2H3,(H,24,25);1H. The molecule has 2 aliphatic rings. The molecule has 2 fully saturated rings. The summed E-state index contributed by atoms with van der Waals surface area (Å²) in [5.41, 5.74) is 1.13. The highest BCUT2D eigenvalue weighted by atomic mass is 127. The van der Waals surface area contributed by atoms with Crippen molar-refractivity contribution in [3.8, 4) is 0 Å². The Labute approximate surface area is 209 Å². The minimum absolute atomic E-state index is 0. The summed E-state index contributed by atoms with van der Waals surface area (Å²) in [6, 6.07) is 10.1. The van der Waals surface area contributed by atoms with Crippen LogP contribution in [0.3, 0.4) is 0 Å². The molecule has 0 atom stereocenters. The van der Waals surface area contributed by atoms with Crippen LogP contribution in [-0.2, 0) is 16.1 Å². The van der Waals surface area contributed by atoms with Crippen LogP contribution in [0.15, 0.2) is 35.3 Å². The van der Waals surface area contributed by atoms with Gasteiger partial charge in [0, 0.05) is 53.4 Å². The molecule has 0 aromatic heterocycles. The maximum atomic E-state index is 12.6. The fourth-order valence-electron chi connectivity index (χ4n) is 3.88. The van der Waals surface area contributed by atoms with E-state index in [0.29, 0.717) is 13.1 Å². The van der Waals surface area contributed by atoms with Crippen molar-refractivity contribution in [3.63, 3.8) is 0 Å². The largest absolute Gasteiger partial charge is 0.347 e. The highest BCUT2D eigenvalue weighted by Crippen LogP contribution is 2.10. The number of hydrogen-bond donors (Lipinski definition) is 1. The second-order valence-electron chi connectivity index (χ2n) is 8.47. The monoisotopic (exact) mass is 556 g/mol. The van der Waals surface area contributed by atoms with Gasteiger partial charge in [0.15, 0.2) is 5.96 Å². The van der Waals surface area contributed by atoms with Gasteiger partial charge in [0.1, 0.15) is 0 Å². The maximum absolute atomic E-state index is 12.6. The average molecular weight is 556 g/mol. The van der Waals surface area contributed by atoms with Crippen LogP contribution < -0.4 is 5.32 Å². The van der Waals surface area contributed by atoms with E-state index in [0.717, 1.165) is 63.6 Å². The third kappa shape index (κ3) is 8.23. The first-order valence-electron chi connectivity index (χ1n) is 11.3. The lowest BCUT2D eigenvalue weighted by atomic mass is 10.1. The van der Waals surface area contributed by atoms with Gasteiger partial charge in [0.2, 0.25) is 11.8 Å². The third-order valence-corrected chi connectivity index (χ3v) is 5.89.